The van der Waals surface area contributed by atoms with Gasteiger partial charge in [-0.1, -0.05) is 11.3 Å². The van der Waals surface area contributed by atoms with E-state index in [4.69, 9.17) is 5.11 Å². The molecule has 78 valence electrons. The highest BCUT2D eigenvalue weighted by Gasteiger charge is 2.12. The first-order valence-corrected chi connectivity index (χ1v) is 5.25. The van der Waals surface area contributed by atoms with E-state index in [-0.39, 0.29) is 4.88 Å². The van der Waals surface area contributed by atoms with Gasteiger partial charge in [0.15, 0.2) is 5.13 Å². The molecule has 0 unspecified atom stereocenters. The molecule has 5 heteroatoms. The number of aromatic carboxylic acids is 1. The van der Waals surface area contributed by atoms with Crippen molar-refractivity contribution in [3.63, 3.8) is 0 Å². The van der Waals surface area contributed by atoms with Crippen molar-refractivity contribution >= 4 is 17.3 Å². The van der Waals surface area contributed by atoms with Gasteiger partial charge >= 0.3 is 5.97 Å². The molecule has 1 N–H and O–H groups in total. The average Bonchev–Trinajstić information content (AvgIpc) is 2.73. The number of aryl methyl sites for hydroxylation is 2. The SMILES string of the molecule is Cc1ccc(C)n1-c1ncc(C(=O)O)s1. The van der Waals surface area contributed by atoms with Crippen LogP contribution in [0.2, 0.25) is 0 Å². The molecule has 0 spiro atoms. The van der Waals surface area contributed by atoms with Gasteiger partial charge in [0.1, 0.15) is 4.88 Å². The fourth-order valence-electron chi connectivity index (χ4n) is 1.44. The molecule has 0 atom stereocenters. The van der Waals surface area contributed by atoms with Gasteiger partial charge < -0.3 is 5.11 Å². The van der Waals surface area contributed by atoms with Crippen LogP contribution in [-0.2, 0) is 0 Å². The Morgan fingerprint density at radius 3 is 2.47 bits per heavy atom. The Morgan fingerprint density at radius 2 is 2.00 bits per heavy atom. The maximum absolute atomic E-state index is 10.7. The maximum atomic E-state index is 10.7. The first-order chi connectivity index (χ1) is 7.09. The number of carbonyl (C=O) groups is 1. The number of nitrogens with zero attached hydrogens (tertiary/aromatic N) is 2. The highest BCUT2D eigenvalue weighted by Crippen LogP contribution is 2.21. The molecule has 2 rings (SSSR count). The molecule has 2 heterocycles. The zero-order valence-corrected chi connectivity index (χ0v) is 9.21. The average molecular weight is 222 g/mol. The Morgan fingerprint density at radius 1 is 1.40 bits per heavy atom. The van der Waals surface area contributed by atoms with E-state index in [0.29, 0.717) is 5.13 Å². The topological polar surface area (TPSA) is 55.1 Å². The summed E-state index contributed by atoms with van der Waals surface area (Å²) in [7, 11) is 0. The number of hydrogen-bond donors (Lipinski definition) is 1. The van der Waals surface area contributed by atoms with E-state index in [1.807, 2.05) is 30.5 Å². The third kappa shape index (κ3) is 1.66. The molecule has 0 aromatic carbocycles. The predicted octanol–water partition coefficient (Wildman–Crippen LogP) is 2.25. The highest BCUT2D eigenvalue weighted by atomic mass is 32.1. The molecule has 0 saturated carbocycles. The molecule has 0 saturated heterocycles. The van der Waals surface area contributed by atoms with E-state index in [1.54, 1.807) is 0 Å². The van der Waals surface area contributed by atoms with Gasteiger partial charge in [-0.3, -0.25) is 4.57 Å². The van der Waals surface area contributed by atoms with E-state index < -0.39 is 5.97 Å². The smallest absolute Gasteiger partial charge is 0.347 e. The van der Waals surface area contributed by atoms with Crippen molar-refractivity contribution in [1.29, 1.82) is 0 Å². The second kappa shape index (κ2) is 3.51. The summed E-state index contributed by atoms with van der Waals surface area (Å²) in [6.07, 6.45) is 1.39. The quantitative estimate of drug-likeness (QED) is 0.847. The Bertz CT molecular complexity index is 494. The number of aromatic nitrogens is 2. The van der Waals surface area contributed by atoms with Crippen LogP contribution < -0.4 is 0 Å². The zero-order chi connectivity index (χ0) is 11.0. The van der Waals surface area contributed by atoms with Crippen LogP contribution in [0.25, 0.3) is 5.13 Å². The third-order valence-corrected chi connectivity index (χ3v) is 3.14. The molecule has 0 amide bonds. The molecular formula is C10H10N2O2S. The summed E-state index contributed by atoms with van der Waals surface area (Å²) in [5.41, 5.74) is 2.11. The summed E-state index contributed by atoms with van der Waals surface area (Å²) >= 11 is 1.18. The van der Waals surface area contributed by atoms with Crippen molar-refractivity contribution in [2.75, 3.05) is 0 Å². The van der Waals surface area contributed by atoms with E-state index in [1.165, 1.54) is 17.5 Å². The van der Waals surface area contributed by atoms with Crippen LogP contribution in [0.1, 0.15) is 21.1 Å². The molecule has 2 aromatic heterocycles. The fraction of sp³-hybridized carbons (Fsp3) is 0.200. The van der Waals surface area contributed by atoms with Crippen molar-refractivity contribution in [3.05, 3.63) is 34.6 Å². The van der Waals surface area contributed by atoms with Gasteiger partial charge in [0.2, 0.25) is 0 Å². The van der Waals surface area contributed by atoms with Crippen molar-refractivity contribution in [2.24, 2.45) is 0 Å². The van der Waals surface area contributed by atoms with Crippen molar-refractivity contribution in [2.45, 2.75) is 13.8 Å². The molecule has 0 fully saturated rings. The van der Waals surface area contributed by atoms with Crippen molar-refractivity contribution in [1.82, 2.24) is 9.55 Å². The Hall–Kier alpha value is -1.62. The lowest BCUT2D eigenvalue weighted by Crippen LogP contribution is -1.97. The molecule has 0 bridgehead atoms. The lowest BCUT2D eigenvalue weighted by molar-refractivity contribution is 0.0702. The van der Waals surface area contributed by atoms with Gasteiger partial charge in [0.05, 0.1) is 6.20 Å². The standard InChI is InChI=1S/C10H10N2O2S/c1-6-3-4-7(2)12(6)10-11-5-8(15-10)9(13)14/h3-5H,1-2H3,(H,13,14). The van der Waals surface area contributed by atoms with Crippen LogP contribution in [0.4, 0.5) is 0 Å². The van der Waals surface area contributed by atoms with Gasteiger partial charge in [-0.05, 0) is 26.0 Å². The fourth-order valence-corrected chi connectivity index (χ4v) is 2.31. The minimum atomic E-state index is -0.929. The Kier molecular flexibility index (Phi) is 2.32. The van der Waals surface area contributed by atoms with Crippen LogP contribution in [0, 0.1) is 13.8 Å². The highest BCUT2D eigenvalue weighted by molar-refractivity contribution is 7.15. The minimum absolute atomic E-state index is 0.262. The van der Waals surface area contributed by atoms with E-state index >= 15 is 0 Å². The van der Waals surface area contributed by atoms with Gasteiger partial charge in [0, 0.05) is 11.4 Å². The summed E-state index contributed by atoms with van der Waals surface area (Å²) in [6, 6.07) is 3.97. The lowest BCUT2D eigenvalue weighted by atomic mass is 10.5. The normalized spacial score (nSPS) is 10.5. The molecule has 0 radical (unpaired) electrons. The van der Waals surface area contributed by atoms with Crippen LogP contribution in [0.3, 0.4) is 0 Å². The van der Waals surface area contributed by atoms with Crippen LogP contribution >= 0.6 is 11.3 Å². The molecule has 4 nitrogen and oxygen atoms in total. The molecule has 0 aliphatic carbocycles. The summed E-state index contributed by atoms with van der Waals surface area (Å²) in [4.78, 5) is 15.1. The zero-order valence-electron chi connectivity index (χ0n) is 8.39. The second-order valence-corrected chi connectivity index (χ2v) is 4.27. The number of hydrogen-bond acceptors (Lipinski definition) is 3. The predicted molar refractivity (Wildman–Crippen MR) is 57.9 cm³/mol. The molecule has 0 aliphatic rings. The molecular weight excluding hydrogens is 212 g/mol. The third-order valence-electron chi connectivity index (χ3n) is 2.17. The van der Waals surface area contributed by atoms with Crippen LogP contribution in [0.5, 0.6) is 0 Å². The number of thiazole rings is 1. The van der Waals surface area contributed by atoms with Gasteiger partial charge in [0.25, 0.3) is 0 Å². The van der Waals surface area contributed by atoms with Gasteiger partial charge in [-0.15, -0.1) is 0 Å². The summed E-state index contributed by atoms with van der Waals surface area (Å²) in [6.45, 7) is 3.93. The van der Waals surface area contributed by atoms with Gasteiger partial charge in [-0.25, -0.2) is 9.78 Å². The lowest BCUT2D eigenvalue weighted by Gasteiger charge is -2.03. The summed E-state index contributed by atoms with van der Waals surface area (Å²) in [5, 5.41) is 9.50. The largest absolute Gasteiger partial charge is 0.477 e. The van der Waals surface area contributed by atoms with E-state index in [9.17, 15) is 4.79 Å². The Balaban J connectivity index is 2.50. The minimum Gasteiger partial charge on any atom is -0.477 e. The van der Waals surface area contributed by atoms with Crippen molar-refractivity contribution < 1.29 is 9.90 Å². The van der Waals surface area contributed by atoms with E-state index in [2.05, 4.69) is 4.98 Å². The Labute approximate surface area is 90.8 Å². The second-order valence-electron chi connectivity index (χ2n) is 3.26. The first-order valence-electron chi connectivity index (χ1n) is 4.44. The summed E-state index contributed by atoms with van der Waals surface area (Å²) in [5.74, 6) is -0.929. The van der Waals surface area contributed by atoms with Gasteiger partial charge in [-0.2, -0.15) is 0 Å². The number of rotatable bonds is 2. The monoisotopic (exact) mass is 222 g/mol. The number of carboxylic acids is 1. The molecule has 2 aromatic rings. The molecule has 15 heavy (non-hydrogen) atoms. The number of carboxylic acid groups (broad SMARTS) is 1. The molecule has 0 aliphatic heterocycles. The van der Waals surface area contributed by atoms with Crippen LogP contribution in [-0.4, -0.2) is 20.6 Å². The maximum Gasteiger partial charge on any atom is 0.347 e. The first kappa shape index (κ1) is 9.92. The van der Waals surface area contributed by atoms with Crippen molar-refractivity contribution in [3.8, 4) is 5.13 Å². The van der Waals surface area contributed by atoms with E-state index in [0.717, 1.165) is 11.4 Å². The summed E-state index contributed by atoms with van der Waals surface area (Å²) < 4.78 is 1.94. The van der Waals surface area contributed by atoms with Crippen LogP contribution in [0.15, 0.2) is 18.3 Å².